The minimum Gasteiger partial charge on any atom is -0.444 e. The second-order valence-electron chi connectivity index (χ2n) is 6.57. The van der Waals surface area contributed by atoms with E-state index in [9.17, 15) is 28.2 Å². The maximum absolute atomic E-state index is 12.2. The van der Waals surface area contributed by atoms with Crippen LogP contribution < -0.4 is 15.8 Å². The zero-order chi connectivity index (χ0) is 20.1. The normalized spacial score (nSPS) is 14.5. The van der Waals surface area contributed by atoms with Crippen molar-refractivity contribution in [3.63, 3.8) is 0 Å². The maximum atomic E-state index is 12.2. The molecule has 0 aliphatic carbocycles. The van der Waals surface area contributed by atoms with Gasteiger partial charge in [0.25, 0.3) is 0 Å². The third-order valence-corrected chi connectivity index (χ3v) is 3.08. The largest absolute Gasteiger partial charge is 0.573 e. The van der Waals surface area contributed by atoms with Crippen molar-refractivity contribution in [2.24, 2.45) is 0 Å². The highest BCUT2D eigenvalue weighted by molar-refractivity contribution is 5.67. The van der Waals surface area contributed by atoms with Crippen molar-refractivity contribution >= 4 is 11.8 Å². The molecule has 1 amide bonds. The maximum Gasteiger partial charge on any atom is 0.573 e. The number of nitrogens with one attached hydrogen (secondary N) is 1. The summed E-state index contributed by atoms with van der Waals surface area (Å²) in [5, 5.41) is 22.5. The van der Waals surface area contributed by atoms with Gasteiger partial charge in [-0.05, 0) is 33.3 Å². The number of nitrogen functional groups attached to an aromatic ring is 1. The van der Waals surface area contributed by atoms with E-state index in [2.05, 4.69) is 10.1 Å². The Morgan fingerprint density at radius 3 is 2.38 bits per heavy atom. The molecule has 2 atom stereocenters. The van der Waals surface area contributed by atoms with E-state index < -0.39 is 36.0 Å². The van der Waals surface area contributed by atoms with Gasteiger partial charge >= 0.3 is 12.5 Å². The van der Waals surface area contributed by atoms with Gasteiger partial charge in [-0.1, -0.05) is 6.07 Å². The number of hydrogen-bond acceptors (Lipinski definition) is 6. The van der Waals surface area contributed by atoms with Gasteiger partial charge in [0.2, 0.25) is 0 Å². The molecule has 0 spiro atoms. The molecule has 0 radical (unpaired) electrons. The number of aliphatic hydroxyl groups excluding tert-OH is 2. The lowest BCUT2D eigenvalue weighted by Crippen LogP contribution is -2.34. The molecule has 1 aromatic rings. The lowest BCUT2D eigenvalue weighted by atomic mass is 10.0. The molecular formula is C16H23F3N2O5. The summed E-state index contributed by atoms with van der Waals surface area (Å²) in [6.45, 7) is 5.10. The highest BCUT2D eigenvalue weighted by Crippen LogP contribution is 2.30. The fourth-order valence-electron chi connectivity index (χ4n) is 2.02. The summed E-state index contributed by atoms with van der Waals surface area (Å²) >= 11 is 0. The van der Waals surface area contributed by atoms with Gasteiger partial charge in [-0.3, -0.25) is 0 Å². The number of anilines is 1. The first-order valence-corrected chi connectivity index (χ1v) is 7.76. The van der Waals surface area contributed by atoms with E-state index in [4.69, 9.17) is 10.5 Å². The average molecular weight is 380 g/mol. The van der Waals surface area contributed by atoms with E-state index in [-0.39, 0.29) is 24.2 Å². The monoisotopic (exact) mass is 380 g/mol. The number of nitrogens with two attached hydrogens (primary N) is 1. The summed E-state index contributed by atoms with van der Waals surface area (Å²) in [5.74, 6) is -0.535. The number of carbonyl (C=O) groups is 1. The molecule has 5 N–H and O–H groups in total. The summed E-state index contributed by atoms with van der Waals surface area (Å²) < 4.78 is 45.3. The second-order valence-corrected chi connectivity index (χ2v) is 6.57. The number of hydrogen-bond donors (Lipinski definition) is 4. The number of rotatable bonds is 6. The van der Waals surface area contributed by atoms with Crippen LogP contribution in [0.4, 0.5) is 23.7 Å². The third kappa shape index (κ3) is 7.79. The molecule has 10 heteroatoms. The van der Waals surface area contributed by atoms with Gasteiger partial charge in [-0.25, -0.2) is 4.79 Å². The van der Waals surface area contributed by atoms with Crippen molar-refractivity contribution in [3.8, 4) is 5.75 Å². The molecule has 0 aliphatic heterocycles. The van der Waals surface area contributed by atoms with Gasteiger partial charge in [0, 0.05) is 23.9 Å². The molecule has 2 unspecified atom stereocenters. The van der Waals surface area contributed by atoms with Gasteiger partial charge in [0.15, 0.2) is 0 Å². The molecule has 0 saturated carbocycles. The molecule has 0 fully saturated rings. The fourth-order valence-corrected chi connectivity index (χ4v) is 2.02. The van der Waals surface area contributed by atoms with Gasteiger partial charge in [0.05, 0.1) is 6.10 Å². The Bertz CT molecular complexity index is 617. The van der Waals surface area contributed by atoms with Crippen LogP contribution in [-0.2, 0) is 4.74 Å². The first-order chi connectivity index (χ1) is 11.8. The van der Waals surface area contributed by atoms with E-state index in [1.54, 1.807) is 20.8 Å². The smallest absolute Gasteiger partial charge is 0.444 e. The number of alkyl halides is 3. The van der Waals surface area contributed by atoms with E-state index in [1.165, 1.54) is 0 Å². The van der Waals surface area contributed by atoms with E-state index >= 15 is 0 Å². The van der Waals surface area contributed by atoms with Crippen molar-refractivity contribution in [2.75, 3.05) is 12.3 Å². The number of aliphatic hydroxyl groups is 2. The molecule has 0 bridgehead atoms. The Morgan fingerprint density at radius 2 is 1.88 bits per heavy atom. The molecule has 7 nitrogen and oxygen atoms in total. The van der Waals surface area contributed by atoms with Gasteiger partial charge in [-0.15, -0.1) is 13.2 Å². The quantitative estimate of drug-likeness (QED) is 0.564. The lowest BCUT2D eigenvalue weighted by molar-refractivity contribution is -0.274. The molecule has 1 rings (SSSR count). The molecule has 0 heterocycles. The molecule has 0 saturated heterocycles. The van der Waals surface area contributed by atoms with Crippen LogP contribution in [0, 0.1) is 0 Å². The van der Waals surface area contributed by atoms with Crippen LogP contribution in [0.1, 0.15) is 38.9 Å². The average Bonchev–Trinajstić information content (AvgIpc) is 2.42. The van der Waals surface area contributed by atoms with Crippen LogP contribution in [0.15, 0.2) is 18.2 Å². The summed E-state index contributed by atoms with van der Waals surface area (Å²) in [6.07, 6.45) is -8.32. The van der Waals surface area contributed by atoms with Gasteiger partial charge in [-0.2, -0.15) is 0 Å². The number of ether oxygens (including phenoxy) is 2. The Balaban J connectivity index is 2.60. The number of alkyl carbamates (subject to hydrolysis) is 1. The summed E-state index contributed by atoms with van der Waals surface area (Å²) in [6, 6.07) is 3.01. The fraction of sp³-hybridized carbons (Fsp3) is 0.562. The highest BCUT2D eigenvalue weighted by Gasteiger charge is 2.31. The van der Waals surface area contributed by atoms with Crippen molar-refractivity contribution in [1.29, 1.82) is 0 Å². The minimum atomic E-state index is -4.86. The van der Waals surface area contributed by atoms with Crippen LogP contribution in [0.25, 0.3) is 0 Å². The number of carbonyl (C=O) groups excluding carboxylic acids is 1. The van der Waals surface area contributed by atoms with Crippen molar-refractivity contribution in [2.45, 2.75) is 51.4 Å². The van der Waals surface area contributed by atoms with E-state index in [0.717, 1.165) is 18.2 Å². The first kappa shape index (κ1) is 21.8. The van der Waals surface area contributed by atoms with E-state index in [0.29, 0.717) is 0 Å². The zero-order valence-corrected chi connectivity index (χ0v) is 14.6. The van der Waals surface area contributed by atoms with Crippen molar-refractivity contribution < 1.29 is 37.7 Å². The van der Waals surface area contributed by atoms with Crippen LogP contribution in [-0.4, -0.2) is 40.9 Å². The number of benzene rings is 1. The van der Waals surface area contributed by atoms with Crippen LogP contribution in [0.5, 0.6) is 5.75 Å². The lowest BCUT2D eigenvalue weighted by Gasteiger charge is -2.22. The molecule has 26 heavy (non-hydrogen) atoms. The van der Waals surface area contributed by atoms with Crippen LogP contribution in [0.2, 0.25) is 0 Å². The van der Waals surface area contributed by atoms with E-state index in [1.807, 2.05) is 0 Å². The zero-order valence-electron chi connectivity index (χ0n) is 14.6. The van der Waals surface area contributed by atoms with Crippen LogP contribution >= 0.6 is 0 Å². The second kappa shape index (κ2) is 8.45. The Morgan fingerprint density at radius 1 is 1.27 bits per heavy atom. The minimum absolute atomic E-state index is 0.0162. The molecule has 0 aliphatic rings. The van der Waals surface area contributed by atoms with Gasteiger partial charge in [0.1, 0.15) is 17.5 Å². The molecular weight excluding hydrogens is 357 g/mol. The Kier molecular flexibility index (Phi) is 7.10. The summed E-state index contributed by atoms with van der Waals surface area (Å²) in [5.41, 5.74) is 4.82. The van der Waals surface area contributed by atoms with Crippen molar-refractivity contribution in [3.05, 3.63) is 23.8 Å². The third-order valence-electron chi connectivity index (χ3n) is 3.08. The number of halogens is 3. The number of amides is 1. The predicted octanol–water partition coefficient (Wildman–Crippen LogP) is 2.48. The van der Waals surface area contributed by atoms with Gasteiger partial charge < -0.3 is 30.7 Å². The Hall–Kier alpha value is -2.20. The van der Waals surface area contributed by atoms with Crippen molar-refractivity contribution in [1.82, 2.24) is 5.32 Å². The predicted molar refractivity (Wildman–Crippen MR) is 87.4 cm³/mol. The standard InChI is InChI=1S/C16H23F3N2O5/c1-15(2,3)26-14(24)21-7-6-12(22)13(23)10-5-4-9(8-11(10)20)25-16(17,18)19/h4-5,8,12-13,22-23H,6-7,20H2,1-3H3,(H,21,24). The molecule has 148 valence electrons. The molecule has 1 aromatic carbocycles. The summed E-state index contributed by atoms with van der Waals surface area (Å²) in [7, 11) is 0. The summed E-state index contributed by atoms with van der Waals surface area (Å²) in [4.78, 5) is 11.5. The Labute approximate surface area is 148 Å². The highest BCUT2D eigenvalue weighted by atomic mass is 19.4. The topological polar surface area (TPSA) is 114 Å². The molecule has 0 aromatic heterocycles. The SMILES string of the molecule is CC(C)(C)OC(=O)NCCC(O)C(O)c1ccc(OC(F)(F)F)cc1N. The first-order valence-electron chi connectivity index (χ1n) is 7.76. The van der Waals surface area contributed by atoms with Crippen LogP contribution in [0.3, 0.4) is 0 Å².